The molecule has 1 saturated heterocycles. The summed E-state index contributed by atoms with van der Waals surface area (Å²) in [6.45, 7) is 1.70. The minimum Gasteiger partial charge on any atom is -0.337 e. The quantitative estimate of drug-likeness (QED) is 0.574. The molecule has 0 radical (unpaired) electrons. The Morgan fingerprint density at radius 3 is 2.47 bits per heavy atom. The fraction of sp³-hybridized carbons (Fsp3) is 0.667. The van der Waals surface area contributed by atoms with Crippen molar-refractivity contribution in [2.24, 2.45) is 5.92 Å². The van der Waals surface area contributed by atoms with Crippen LogP contribution < -0.4 is 0 Å². The maximum Gasteiger partial charge on any atom is 0.274 e. The normalized spacial score (nSPS) is 21.2. The lowest BCUT2D eigenvalue weighted by Crippen LogP contribution is -2.32. The molecule has 172 valence electrons. The molecule has 5 nitrogen and oxygen atoms in total. The highest BCUT2D eigenvalue weighted by molar-refractivity contribution is 5.93. The molecule has 0 aromatic carbocycles. The Bertz CT molecular complexity index is 961. The summed E-state index contributed by atoms with van der Waals surface area (Å²) in [5.74, 6) is 0.822. The first-order valence-corrected chi connectivity index (χ1v) is 13.2. The van der Waals surface area contributed by atoms with Gasteiger partial charge in [0, 0.05) is 24.8 Å². The molecular formula is C27H38N4O. The van der Waals surface area contributed by atoms with Gasteiger partial charge in [-0.2, -0.15) is 5.10 Å². The van der Waals surface area contributed by atoms with Crippen LogP contribution in [0.15, 0.2) is 18.2 Å². The second kappa shape index (κ2) is 10.2. The van der Waals surface area contributed by atoms with Crippen LogP contribution in [0.25, 0.3) is 11.2 Å². The van der Waals surface area contributed by atoms with Crippen molar-refractivity contribution in [3.63, 3.8) is 0 Å². The molecule has 1 saturated carbocycles. The van der Waals surface area contributed by atoms with E-state index in [2.05, 4.69) is 12.1 Å². The van der Waals surface area contributed by atoms with Gasteiger partial charge < -0.3 is 4.90 Å². The largest absolute Gasteiger partial charge is 0.337 e. The van der Waals surface area contributed by atoms with E-state index in [1.165, 1.54) is 75.5 Å². The summed E-state index contributed by atoms with van der Waals surface area (Å²) in [5, 5.41) is 4.83. The minimum absolute atomic E-state index is 0.0760. The number of hydrogen-bond donors (Lipinski definition) is 0. The molecule has 3 aliphatic rings. The first-order valence-electron chi connectivity index (χ1n) is 13.2. The van der Waals surface area contributed by atoms with E-state index in [0.29, 0.717) is 5.69 Å². The highest BCUT2D eigenvalue weighted by Gasteiger charge is 2.23. The third kappa shape index (κ3) is 4.92. The molecule has 2 aliphatic carbocycles. The second-order valence-corrected chi connectivity index (χ2v) is 10.2. The van der Waals surface area contributed by atoms with E-state index in [9.17, 15) is 4.79 Å². The lowest BCUT2D eigenvalue weighted by molar-refractivity contribution is 0.0755. The van der Waals surface area contributed by atoms with Crippen LogP contribution in [0.1, 0.15) is 112 Å². The van der Waals surface area contributed by atoms with Crippen molar-refractivity contribution >= 4 is 17.1 Å². The van der Waals surface area contributed by atoms with Crippen LogP contribution in [0, 0.1) is 5.92 Å². The van der Waals surface area contributed by atoms with Gasteiger partial charge in [-0.15, -0.1) is 0 Å². The zero-order chi connectivity index (χ0) is 21.8. The van der Waals surface area contributed by atoms with Crippen LogP contribution in [0.3, 0.4) is 0 Å². The van der Waals surface area contributed by atoms with E-state index >= 15 is 0 Å². The molecule has 2 aromatic rings. The highest BCUT2D eigenvalue weighted by atomic mass is 16.2. The van der Waals surface area contributed by atoms with Gasteiger partial charge in [-0.05, 0) is 62.5 Å². The number of likely N-dealkylation sites (tertiary alicyclic amines) is 1. The van der Waals surface area contributed by atoms with Crippen LogP contribution >= 0.6 is 0 Å². The van der Waals surface area contributed by atoms with Gasteiger partial charge in [0.15, 0.2) is 11.3 Å². The average molecular weight is 435 g/mol. The average Bonchev–Trinajstić information content (AvgIpc) is 3.00. The van der Waals surface area contributed by atoms with Crippen molar-refractivity contribution < 1.29 is 4.79 Å². The Hall–Kier alpha value is -2.17. The highest BCUT2D eigenvalue weighted by Crippen LogP contribution is 2.30. The van der Waals surface area contributed by atoms with Crippen molar-refractivity contribution in [1.82, 2.24) is 19.5 Å². The zero-order valence-electron chi connectivity index (χ0n) is 19.5. The summed E-state index contributed by atoms with van der Waals surface area (Å²) < 4.78 is 1.96. The third-order valence-electron chi connectivity index (χ3n) is 7.69. The Balaban J connectivity index is 1.50. The molecule has 2 aromatic heterocycles. The number of nitrogens with zero attached hydrogens (tertiary/aromatic N) is 4. The molecule has 5 rings (SSSR count). The number of fused-ring (bicyclic) bond motifs is 1. The summed E-state index contributed by atoms with van der Waals surface area (Å²) in [5.41, 5.74) is 5.13. The standard InChI is InChI=1S/C27H38N4O/c32-27(30-16-10-3-4-11-17-30)24-20-26-28-23(18-21-12-6-5-7-13-21)19-25(31(26)29-24)22-14-8-1-2-9-15-22/h14,19-21H,1-13,15-18H2. The monoisotopic (exact) mass is 434 g/mol. The van der Waals surface area contributed by atoms with Crippen molar-refractivity contribution in [3.8, 4) is 0 Å². The summed E-state index contributed by atoms with van der Waals surface area (Å²) >= 11 is 0. The third-order valence-corrected chi connectivity index (χ3v) is 7.69. The predicted octanol–water partition coefficient (Wildman–Crippen LogP) is 6.22. The van der Waals surface area contributed by atoms with Crippen LogP contribution in [0.4, 0.5) is 0 Å². The number of hydrogen-bond acceptors (Lipinski definition) is 3. The SMILES string of the molecule is O=C(c1cc2nc(CC3CCCCC3)cc(C3=CCCCCC3)n2n1)N1CCCCCC1. The fourth-order valence-corrected chi connectivity index (χ4v) is 5.83. The molecule has 0 unspecified atom stereocenters. The molecule has 5 heteroatoms. The molecular weight excluding hydrogens is 396 g/mol. The maximum absolute atomic E-state index is 13.3. The van der Waals surface area contributed by atoms with Crippen molar-refractivity contribution in [2.75, 3.05) is 13.1 Å². The fourth-order valence-electron chi connectivity index (χ4n) is 5.83. The summed E-state index contributed by atoms with van der Waals surface area (Å²) in [6, 6.07) is 4.23. The topological polar surface area (TPSA) is 50.5 Å². The zero-order valence-corrected chi connectivity index (χ0v) is 19.5. The van der Waals surface area contributed by atoms with E-state index in [1.807, 2.05) is 15.5 Å². The molecule has 3 heterocycles. The van der Waals surface area contributed by atoms with Crippen molar-refractivity contribution in [3.05, 3.63) is 35.3 Å². The van der Waals surface area contributed by atoms with Gasteiger partial charge >= 0.3 is 0 Å². The number of carbonyl (C=O) groups excluding carboxylic acids is 1. The molecule has 2 fully saturated rings. The summed E-state index contributed by atoms with van der Waals surface area (Å²) in [7, 11) is 0. The van der Waals surface area contributed by atoms with Gasteiger partial charge in [-0.1, -0.05) is 57.4 Å². The number of aromatic nitrogens is 3. The number of rotatable bonds is 4. The lowest BCUT2D eigenvalue weighted by Gasteiger charge is -2.21. The summed E-state index contributed by atoms with van der Waals surface area (Å²) in [4.78, 5) is 20.3. The second-order valence-electron chi connectivity index (χ2n) is 10.2. The molecule has 0 bridgehead atoms. The van der Waals surface area contributed by atoms with Crippen LogP contribution in [0.5, 0.6) is 0 Å². The molecule has 32 heavy (non-hydrogen) atoms. The number of amides is 1. The van der Waals surface area contributed by atoms with Crippen LogP contribution in [-0.2, 0) is 6.42 Å². The Morgan fingerprint density at radius 2 is 1.66 bits per heavy atom. The van der Waals surface area contributed by atoms with Crippen molar-refractivity contribution in [1.29, 1.82) is 0 Å². The van der Waals surface area contributed by atoms with E-state index < -0.39 is 0 Å². The maximum atomic E-state index is 13.3. The number of allylic oxidation sites excluding steroid dienone is 2. The number of carbonyl (C=O) groups is 1. The van der Waals surface area contributed by atoms with Gasteiger partial charge in [0.05, 0.1) is 5.69 Å². The Kier molecular flexibility index (Phi) is 6.89. The first kappa shape index (κ1) is 21.7. The van der Waals surface area contributed by atoms with Gasteiger partial charge in [0.25, 0.3) is 5.91 Å². The van der Waals surface area contributed by atoms with E-state index in [1.54, 1.807) is 0 Å². The minimum atomic E-state index is 0.0760. The Labute approximate surface area is 192 Å². The lowest BCUT2D eigenvalue weighted by atomic mass is 9.86. The molecule has 0 atom stereocenters. The smallest absolute Gasteiger partial charge is 0.274 e. The van der Waals surface area contributed by atoms with Gasteiger partial charge in [0.1, 0.15) is 0 Å². The van der Waals surface area contributed by atoms with Crippen LogP contribution in [0.2, 0.25) is 0 Å². The van der Waals surface area contributed by atoms with E-state index in [0.717, 1.165) is 62.5 Å². The Morgan fingerprint density at radius 1 is 0.906 bits per heavy atom. The van der Waals surface area contributed by atoms with E-state index in [-0.39, 0.29) is 5.91 Å². The molecule has 0 spiro atoms. The van der Waals surface area contributed by atoms with Crippen LogP contribution in [-0.4, -0.2) is 38.5 Å². The van der Waals surface area contributed by atoms with Gasteiger partial charge in [-0.25, -0.2) is 9.50 Å². The molecule has 0 N–H and O–H groups in total. The molecule has 1 amide bonds. The van der Waals surface area contributed by atoms with E-state index in [4.69, 9.17) is 10.1 Å². The van der Waals surface area contributed by atoms with Crippen molar-refractivity contribution in [2.45, 2.75) is 96.3 Å². The van der Waals surface area contributed by atoms with Gasteiger partial charge in [-0.3, -0.25) is 4.79 Å². The summed E-state index contributed by atoms with van der Waals surface area (Å²) in [6.07, 6.45) is 20.9. The molecule has 1 aliphatic heterocycles. The van der Waals surface area contributed by atoms with Gasteiger partial charge in [0.2, 0.25) is 0 Å². The predicted molar refractivity (Wildman–Crippen MR) is 129 cm³/mol. The first-order chi connectivity index (χ1) is 15.8.